The quantitative estimate of drug-likeness (QED) is 0.376. The number of hydrogen-bond donors (Lipinski definition) is 1. The maximum absolute atomic E-state index is 12.1. The summed E-state index contributed by atoms with van der Waals surface area (Å²) < 4.78 is 15.7. The summed E-state index contributed by atoms with van der Waals surface area (Å²) in [6.07, 6.45) is 2.97. The molecule has 0 radical (unpaired) electrons. The highest BCUT2D eigenvalue weighted by Crippen LogP contribution is 2.18. The van der Waals surface area contributed by atoms with Crippen LogP contribution in [-0.2, 0) is 11.3 Å². The molecule has 2 aromatic carbocycles. The molecule has 0 saturated carbocycles. The Hall–Kier alpha value is -3.87. The van der Waals surface area contributed by atoms with Crippen LogP contribution in [0.15, 0.2) is 70.4 Å². The van der Waals surface area contributed by atoms with Crippen LogP contribution in [0.2, 0.25) is 0 Å². The zero-order valence-corrected chi connectivity index (χ0v) is 16.0. The van der Waals surface area contributed by atoms with Gasteiger partial charge in [-0.05, 0) is 42.8 Å². The molecule has 29 heavy (non-hydrogen) atoms. The fourth-order valence-corrected chi connectivity index (χ4v) is 2.58. The van der Waals surface area contributed by atoms with Gasteiger partial charge in [0, 0.05) is 5.56 Å². The lowest BCUT2D eigenvalue weighted by atomic mass is 10.1. The third-order valence-corrected chi connectivity index (χ3v) is 4.16. The normalized spacial score (nSPS) is 10.7. The van der Waals surface area contributed by atoms with Crippen LogP contribution >= 0.6 is 0 Å². The molecular weight excluding hydrogens is 372 g/mol. The third kappa shape index (κ3) is 5.10. The van der Waals surface area contributed by atoms with Crippen molar-refractivity contribution >= 4 is 18.1 Å². The standard InChI is InChI=1S/C22H20N2O5/c1-15-19(11-12-28-15)21(25)24-23-13-18-5-3-4-6-20(18)29-14-16-7-9-17(10-8-16)22(26)27-2/h3-13H,14H2,1-2H3,(H,24,25)/b23-13-. The Morgan fingerprint density at radius 2 is 1.86 bits per heavy atom. The van der Waals surface area contributed by atoms with Gasteiger partial charge < -0.3 is 13.9 Å². The average Bonchev–Trinajstić information content (AvgIpc) is 3.18. The minimum Gasteiger partial charge on any atom is -0.488 e. The van der Waals surface area contributed by atoms with Gasteiger partial charge in [-0.2, -0.15) is 5.10 Å². The van der Waals surface area contributed by atoms with Gasteiger partial charge in [0.1, 0.15) is 18.1 Å². The van der Waals surface area contributed by atoms with Crippen LogP contribution in [0.25, 0.3) is 0 Å². The largest absolute Gasteiger partial charge is 0.488 e. The summed E-state index contributed by atoms with van der Waals surface area (Å²) in [5.41, 5.74) is 4.99. The number of hydrogen-bond acceptors (Lipinski definition) is 6. The van der Waals surface area contributed by atoms with Gasteiger partial charge in [-0.25, -0.2) is 10.2 Å². The van der Waals surface area contributed by atoms with E-state index in [-0.39, 0.29) is 11.9 Å². The second kappa shape index (κ2) is 9.36. The van der Waals surface area contributed by atoms with E-state index in [1.54, 1.807) is 37.3 Å². The van der Waals surface area contributed by atoms with Crippen molar-refractivity contribution in [2.45, 2.75) is 13.5 Å². The number of aryl methyl sites for hydroxylation is 1. The van der Waals surface area contributed by atoms with E-state index < -0.39 is 0 Å². The zero-order valence-electron chi connectivity index (χ0n) is 16.0. The molecule has 0 aliphatic rings. The second-order valence-electron chi connectivity index (χ2n) is 6.10. The maximum atomic E-state index is 12.1. The first kappa shape index (κ1) is 19.9. The lowest BCUT2D eigenvalue weighted by Crippen LogP contribution is -2.17. The summed E-state index contributed by atoms with van der Waals surface area (Å²) >= 11 is 0. The summed E-state index contributed by atoms with van der Waals surface area (Å²) in [4.78, 5) is 23.5. The van der Waals surface area contributed by atoms with Gasteiger partial charge in [0.25, 0.3) is 5.91 Å². The number of esters is 1. The SMILES string of the molecule is COC(=O)c1ccc(COc2ccccc2/C=N\NC(=O)c2ccoc2C)cc1. The number of para-hydroxylation sites is 1. The van der Waals surface area contributed by atoms with Gasteiger partial charge in [-0.3, -0.25) is 4.79 Å². The Morgan fingerprint density at radius 1 is 1.10 bits per heavy atom. The first-order valence-corrected chi connectivity index (χ1v) is 8.85. The molecule has 3 rings (SSSR count). The molecule has 1 aromatic heterocycles. The number of ether oxygens (including phenoxy) is 2. The summed E-state index contributed by atoms with van der Waals surface area (Å²) in [6, 6.07) is 15.9. The number of nitrogens with zero attached hydrogens (tertiary/aromatic N) is 1. The molecule has 1 amide bonds. The smallest absolute Gasteiger partial charge is 0.337 e. The lowest BCUT2D eigenvalue weighted by molar-refractivity contribution is 0.0600. The van der Waals surface area contributed by atoms with Crippen molar-refractivity contribution in [1.82, 2.24) is 5.43 Å². The molecule has 0 aliphatic heterocycles. The van der Waals surface area contributed by atoms with Crippen LogP contribution in [0.1, 0.15) is 37.6 Å². The Bertz CT molecular complexity index is 1020. The highest BCUT2D eigenvalue weighted by molar-refractivity contribution is 5.95. The monoisotopic (exact) mass is 392 g/mol. The van der Waals surface area contributed by atoms with Crippen molar-refractivity contribution in [2.24, 2.45) is 5.10 Å². The number of methoxy groups -OCH3 is 1. The summed E-state index contributed by atoms with van der Waals surface area (Å²) in [6.45, 7) is 2.02. The van der Waals surface area contributed by atoms with Gasteiger partial charge in [-0.1, -0.05) is 24.3 Å². The van der Waals surface area contributed by atoms with Gasteiger partial charge in [0.2, 0.25) is 0 Å². The molecule has 1 N–H and O–H groups in total. The van der Waals surface area contributed by atoms with Crippen molar-refractivity contribution in [1.29, 1.82) is 0 Å². The van der Waals surface area contributed by atoms with E-state index in [1.807, 2.05) is 24.3 Å². The van der Waals surface area contributed by atoms with Crippen LogP contribution in [0, 0.1) is 6.92 Å². The van der Waals surface area contributed by atoms with E-state index >= 15 is 0 Å². The van der Waals surface area contributed by atoms with Gasteiger partial charge in [-0.15, -0.1) is 0 Å². The topological polar surface area (TPSA) is 90.1 Å². The van der Waals surface area contributed by atoms with E-state index in [0.29, 0.717) is 34.8 Å². The third-order valence-electron chi connectivity index (χ3n) is 4.16. The molecule has 0 saturated heterocycles. The molecule has 1 heterocycles. The Kier molecular flexibility index (Phi) is 6.42. The average molecular weight is 392 g/mol. The number of carbonyl (C=O) groups excluding carboxylic acids is 2. The molecule has 0 fully saturated rings. The lowest BCUT2D eigenvalue weighted by Gasteiger charge is -2.09. The van der Waals surface area contributed by atoms with Crippen LogP contribution in [-0.4, -0.2) is 25.2 Å². The van der Waals surface area contributed by atoms with Crippen molar-refractivity contribution in [3.63, 3.8) is 0 Å². The number of nitrogens with one attached hydrogen (secondary N) is 1. The van der Waals surface area contributed by atoms with Crippen LogP contribution in [0.3, 0.4) is 0 Å². The summed E-state index contributed by atoms with van der Waals surface area (Å²) in [5, 5.41) is 4.00. The highest BCUT2D eigenvalue weighted by atomic mass is 16.5. The fraction of sp³-hybridized carbons (Fsp3) is 0.136. The molecule has 148 valence electrons. The zero-order chi connectivity index (χ0) is 20.6. The number of rotatable bonds is 7. The molecular formula is C22H20N2O5. The predicted molar refractivity (Wildman–Crippen MR) is 107 cm³/mol. The van der Waals surface area contributed by atoms with Gasteiger partial charge in [0.15, 0.2) is 0 Å². The van der Waals surface area contributed by atoms with E-state index in [1.165, 1.54) is 19.6 Å². The molecule has 0 aliphatic carbocycles. The summed E-state index contributed by atoms with van der Waals surface area (Å²) in [7, 11) is 1.34. The second-order valence-corrected chi connectivity index (χ2v) is 6.10. The highest BCUT2D eigenvalue weighted by Gasteiger charge is 2.10. The van der Waals surface area contributed by atoms with Crippen molar-refractivity contribution in [3.8, 4) is 5.75 Å². The van der Waals surface area contributed by atoms with Crippen LogP contribution < -0.4 is 10.2 Å². The van der Waals surface area contributed by atoms with Crippen LogP contribution in [0.5, 0.6) is 5.75 Å². The number of furan rings is 1. The van der Waals surface area contributed by atoms with Crippen molar-refractivity contribution < 1.29 is 23.5 Å². The number of carbonyl (C=O) groups is 2. The molecule has 3 aromatic rings. The predicted octanol–water partition coefficient (Wildman–Crippen LogP) is 3.72. The minimum absolute atomic E-state index is 0.312. The minimum atomic E-state index is -0.383. The molecule has 0 spiro atoms. The fourth-order valence-electron chi connectivity index (χ4n) is 2.58. The van der Waals surface area contributed by atoms with E-state index in [9.17, 15) is 9.59 Å². The van der Waals surface area contributed by atoms with E-state index in [2.05, 4.69) is 15.3 Å². The Morgan fingerprint density at radius 3 is 2.55 bits per heavy atom. The number of hydrazone groups is 1. The van der Waals surface area contributed by atoms with Crippen molar-refractivity contribution in [3.05, 3.63) is 88.9 Å². The van der Waals surface area contributed by atoms with E-state index in [4.69, 9.17) is 9.15 Å². The number of benzene rings is 2. The van der Waals surface area contributed by atoms with E-state index in [0.717, 1.165) is 5.56 Å². The summed E-state index contributed by atoms with van der Waals surface area (Å²) in [5.74, 6) is 0.407. The molecule has 7 heteroatoms. The molecule has 0 atom stereocenters. The molecule has 7 nitrogen and oxygen atoms in total. The number of amides is 1. The Balaban J connectivity index is 1.62. The first-order chi connectivity index (χ1) is 14.1. The Labute approximate surface area is 167 Å². The maximum Gasteiger partial charge on any atom is 0.337 e. The van der Waals surface area contributed by atoms with Gasteiger partial charge in [0.05, 0.1) is 30.7 Å². The molecule has 0 bridgehead atoms. The van der Waals surface area contributed by atoms with Crippen molar-refractivity contribution in [2.75, 3.05) is 7.11 Å². The van der Waals surface area contributed by atoms with Gasteiger partial charge >= 0.3 is 5.97 Å². The first-order valence-electron chi connectivity index (χ1n) is 8.85. The molecule has 0 unspecified atom stereocenters. The van der Waals surface area contributed by atoms with Crippen LogP contribution in [0.4, 0.5) is 0 Å².